The van der Waals surface area contributed by atoms with Crippen molar-refractivity contribution in [3.05, 3.63) is 35.4 Å². The van der Waals surface area contributed by atoms with Gasteiger partial charge in [0.15, 0.2) is 0 Å². The lowest BCUT2D eigenvalue weighted by molar-refractivity contribution is 0.665. The molecular weight excluding hydrogens is 204 g/mol. The molecule has 0 N–H and O–H groups in total. The summed E-state index contributed by atoms with van der Waals surface area (Å²) in [6.07, 6.45) is 7.55. The summed E-state index contributed by atoms with van der Waals surface area (Å²) in [4.78, 5) is 0. The Kier molecular flexibility index (Phi) is 6.50. The van der Waals surface area contributed by atoms with Crippen molar-refractivity contribution in [3.63, 3.8) is 0 Å². The maximum atomic E-state index is 5.79. The summed E-state index contributed by atoms with van der Waals surface area (Å²) in [6, 6.07) is 8.69. The third-order valence-electron chi connectivity index (χ3n) is 2.78. The van der Waals surface area contributed by atoms with Crippen LogP contribution in [0.25, 0.3) is 0 Å². The van der Waals surface area contributed by atoms with Crippen LogP contribution in [0.4, 0.5) is 0 Å². The molecule has 1 rings (SSSR count). The van der Waals surface area contributed by atoms with Crippen molar-refractivity contribution >= 4 is 11.6 Å². The van der Waals surface area contributed by atoms with Crippen LogP contribution in [0.2, 0.25) is 0 Å². The highest BCUT2D eigenvalue weighted by Crippen LogP contribution is 2.14. The Morgan fingerprint density at radius 3 is 2.20 bits per heavy atom. The van der Waals surface area contributed by atoms with E-state index in [1.165, 1.54) is 43.2 Å². The van der Waals surface area contributed by atoms with Crippen molar-refractivity contribution in [1.82, 2.24) is 0 Å². The van der Waals surface area contributed by atoms with Crippen molar-refractivity contribution in [2.75, 3.05) is 5.88 Å². The van der Waals surface area contributed by atoms with E-state index in [9.17, 15) is 0 Å². The van der Waals surface area contributed by atoms with Gasteiger partial charge in [0.25, 0.3) is 0 Å². The summed E-state index contributed by atoms with van der Waals surface area (Å²) in [5, 5.41) is 0. The van der Waals surface area contributed by atoms with Crippen molar-refractivity contribution in [2.45, 2.75) is 45.4 Å². The molecule has 0 aliphatic carbocycles. The molecule has 0 aliphatic rings. The molecule has 0 amide bonds. The van der Waals surface area contributed by atoms with Gasteiger partial charge in [-0.15, -0.1) is 11.6 Å². The standard InChI is InChI=1S/C14H21Cl/c1-2-3-4-5-8-13-9-6-7-10-14(13)11-12-15/h6-7,9-10H,2-5,8,11-12H2,1H3. The van der Waals surface area contributed by atoms with Crippen molar-refractivity contribution < 1.29 is 0 Å². The first kappa shape index (κ1) is 12.6. The average molecular weight is 225 g/mol. The summed E-state index contributed by atoms with van der Waals surface area (Å²) in [5.41, 5.74) is 2.93. The summed E-state index contributed by atoms with van der Waals surface area (Å²) >= 11 is 5.79. The zero-order chi connectivity index (χ0) is 10.9. The second-order valence-corrected chi connectivity index (χ2v) is 4.40. The van der Waals surface area contributed by atoms with Crippen molar-refractivity contribution in [1.29, 1.82) is 0 Å². The van der Waals surface area contributed by atoms with E-state index in [4.69, 9.17) is 11.6 Å². The molecule has 0 atom stereocenters. The normalized spacial score (nSPS) is 10.5. The van der Waals surface area contributed by atoms with Crippen LogP contribution in [-0.4, -0.2) is 5.88 Å². The van der Waals surface area contributed by atoms with Gasteiger partial charge in [-0.05, 0) is 30.4 Å². The van der Waals surface area contributed by atoms with Crippen LogP contribution in [0.1, 0.15) is 43.7 Å². The lowest BCUT2D eigenvalue weighted by atomic mass is 9.99. The van der Waals surface area contributed by atoms with Gasteiger partial charge in [-0.2, -0.15) is 0 Å². The van der Waals surface area contributed by atoms with Gasteiger partial charge in [-0.25, -0.2) is 0 Å². The minimum Gasteiger partial charge on any atom is -0.126 e. The molecule has 15 heavy (non-hydrogen) atoms. The highest BCUT2D eigenvalue weighted by Gasteiger charge is 2.00. The second kappa shape index (κ2) is 7.76. The zero-order valence-corrected chi connectivity index (χ0v) is 10.4. The summed E-state index contributed by atoms with van der Waals surface area (Å²) in [6.45, 7) is 2.25. The molecule has 0 fully saturated rings. The molecule has 0 nitrogen and oxygen atoms in total. The van der Waals surface area contributed by atoms with Crippen LogP contribution in [0.15, 0.2) is 24.3 Å². The number of benzene rings is 1. The number of rotatable bonds is 7. The van der Waals surface area contributed by atoms with Crippen molar-refractivity contribution in [3.8, 4) is 0 Å². The second-order valence-electron chi connectivity index (χ2n) is 4.02. The van der Waals surface area contributed by atoms with E-state index in [-0.39, 0.29) is 0 Å². The van der Waals surface area contributed by atoms with E-state index in [0.29, 0.717) is 0 Å². The molecule has 0 bridgehead atoms. The zero-order valence-electron chi connectivity index (χ0n) is 9.64. The molecular formula is C14H21Cl. The number of halogens is 1. The van der Waals surface area contributed by atoms with Gasteiger partial charge < -0.3 is 0 Å². The molecule has 0 spiro atoms. The van der Waals surface area contributed by atoms with Crippen LogP contribution < -0.4 is 0 Å². The molecule has 0 saturated carbocycles. The minimum atomic E-state index is 0.728. The fourth-order valence-corrected chi connectivity index (χ4v) is 2.09. The Bertz CT molecular complexity index is 268. The lowest BCUT2D eigenvalue weighted by Crippen LogP contribution is -1.95. The minimum absolute atomic E-state index is 0.728. The van der Waals surface area contributed by atoms with Gasteiger partial charge >= 0.3 is 0 Å². The van der Waals surface area contributed by atoms with Crippen molar-refractivity contribution in [2.24, 2.45) is 0 Å². The molecule has 1 aromatic carbocycles. The SMILES string of the molecule is CCCCCCc1ccccc1CCCl. The maximum Gasteiger partial charge on any atom is 0.0264 e. The first-order valence-corrected chi connectivity index (χ1v) is 6.54. The van der Waals surface area contributed by atoms with E-state index in [1.807, 2.05) is 0 Å². The van der Waals surface area contributed by atoms with E-state index < -0.39 is 0 Å². The summed E-state index contributed by atoms with van der Waals surface area (Å²) in [5.74, 6) is 0.728. The van der Waals surface area contributed by atoms with Crippen LogP contribution in [-0.2, 0) is 12.8 Å². The van der Waals surface area contributed by atoms with Gasteiger partial charge in [0, 0.05) is 5.88 Å². The fraction of sp³-hybridized carbons (Fsp3) is 0.571. The van der Waals surface area contributed by atoms with E-state index >= 15 is 0 Å². The fourth-order valence-electron chi connectivity index (χ4n) is 1.89. The van der Waals surface area contributed by atoms with E-state index in [0.717, 1.165) is 12.3 Å². The smallest absolute Gasteiger partial charge is 0.0264 e. The number of hydrogen-bond donors (Lipinski definition) is 0. The molecule has 0 radical (unpaired) electrons. The molecule has 0 unspecified atom stereocenters. The van der Waals surface area contributed by atoms with Gasteiger partial charge in [0.1, 0.15) is 0 Å². The molecule has 1 aromatic rings. The van der Waals surface area contributed by atoms with Crippen LogP contribution in [0.5, 0.6) is 0 Å². The van der Waals surface area contributed by atoms with E-state index in [2.05, 4.69) is 31.2 Å². The average Bonchev–Trinajstić information content (AvgIpc) is 2.27. The topological polar surface area (TPSA) is 0 Å². The van der Waals surface area contributed by atoms with Crippen LogP contribution in [0, 0.1) is 0 Å². The van der Waals surface area contributed by atoms with Crippen LogP contribution >= 0.6 is 11.6 Å². The highest BCUT2D eigenvalue weighted by atomic mass is 35.5. The molecule has 1 heteroatoms. The van der Waals surface area contributed by atoms with Gasteiger partial charge in [-0.1, -0.05) is 50.5 Å². The molecule has 84 valence electrons. The van der Waals surface area contributed by atoms with Crippen LogP contribution in [0.3, 0.4) is 0 Å². The lowest BCUT2D eigenvalue weighted by Gasteiger charge is -2.07. The summed E-state index contributed by atoms with van der Waals surface area (Å²) in [7, 11) is 0. The predicted octanol–water partition coefficient (Wildman–Crippen LogP) is 4.59. The molecule has 0 heterocycles. The highest BCUT2D eigenvalue weighted by molar-refractivity contribution is 6.18. The van der Waals surface area contributed by atoms with Gasteiger partial charge in [0.05, 0.1) is 0 Å². The van der Waals surface area contributed by atoms with Gasteiger partial charge in [0.2, 0.25) is 0 Å². The third kappa shape index (κ3) is 4.70. The maximum absolute atomic E-state index is 5.79. The van der Waals surface area contributed by atoms with E-state index in [1.54, 1.807) is 0 Å². The Hall–Kier alpha value is -0.490. The Labute approximate surface area is 98.7 Å². The summed E-state index contributed by atoms with van der Waals surface area (Å²) < 4.78 is 0. The number of unbranched alkanes of at least 4 members (excludes halogenated alkanes) is 3. The quantitative estimate of drug-likeness (QED) is 0.470. The molecule has 0 aliphatic heterocycles. The first-order valence-electron chi connectivity index (χ1n) is 6.01. The Balaban J connectivity index is 2.44. The molecule has 0 aromatic heterocycles. The largest absolute Gasteiger partial charge is 0.126 e. The number of aryl methyl sites for hydroxylation is 2. The van der Waals surface area contributed by atoms with Gasteiger partial charge in [-0.3, -0.25) is 0 Å². The first-order chi connectivity index (χ1) is 7.38. The molecule has 0 saturated heterocycles. The number of alkyl halides is 1. The Morgan fingerprint density at radius 1 is 0.933 bits per heavy atom. The predicted molar refractivity (Wildman–Crippen MR) is 68.7 cm³/mol. The number of hydrogen-bond acceptors (Lipinski definition) is 0. The Morgan fingerprint density at radius 2 is 1.60 bits per heavy atom. The third-order valence-corrected chi connectivity index (χ3v) is 2.97. The monoisotopic (exact) mass is 224 g/mol.